The zero-order valence-electron chi connectivity index (χ0n) is 14.9. The lowest BCUT2D eigenvalue weighted by molar-refractivity contribution is 0.174. The molecule has 5 rings (SSSR count). The molecule has 2 heterocycles. The smallest absolute Gasteiger partial charge is 0.231 e. The predicted octanol–water partition coefficient (Wildman–Crippen LogP) is 5.35. The first kappa shape index (κ1) is 16.3. The molecular formula is C22H18N2O2S. The number of para-hydroxylation sites is 2. The molecule has 3 aromatic carbocycles. The average Bonchev–Trinajstić information content (AvgIpc) is 3.30. The van der Waals surface area contributed by atoms with E-state index in [2.05, 4.69) is 60.0 Å². The number of rotatable bonds is 4. The minimum Gasteiger partial charge on any atom is -0.454 e. The van der Waals surface area contributed by atoms with Crippen LogP contribution in [0.1, 0.15) is 11.1 Å². The molecule has 4 nitrogen and oxygen atoms in total. The number of benzene rings is 3. The van der Waals surface area contributed by atoms with Crippen LogP contribution in [0.4, 0.5) is 0 Å². The van der Waals surface area contributed by atoms with Gasteiger partial charge in [0.2, 0.25) is 6.79 Å². The number of hydrogen-bond donors (Lipinski definition) is 0. The number of fused-ring (bicyclic) bond motifs is 2. The van der Waals surface area contributed by atoms with Crippen molar-refractivity contribution in [2.24, 2.45) is 0 Å². The molecule has 0 N–H and O–H groups in total. The van der Waals surface area contributed by atoms with E-state index < -0.39 is 0 Å². The van der Waals surface area contributed by atoms with Crippen molar-refractivity contribution in [2.75, 3.05) is 6.79 Å². The summed E-state index contributed by atoms with van der Waals surface area (Å²) in [5, 5.41) is 0.984. The molecule has 0 saturated heterocycles. The molecule has 1 aromatic heterocycles. The lowest BCUT2D eigenvalue weighted by Crippen LogP contribution is -1.96. The maximum absolute atomic E-state index is 5.49. The second kappa shape index (κ2) is 6.67. The van der Waals surface area contributed by atoms with Gasteiger partial charge >= 0.3 is 0 Å². The van der Waals surface area contributed by atoms with Gasteiger partial charge in [-0.05, 0) is 48.9 Å². The molecule has 0 bridgehead atoms. The van der Waals surface area contributed by atoms with Gasteiger partial charge in [-0.2, -0.15) is 0 Å². The highest BCUT2D eigenvalue weighted by atomic mass is 32.2. The van der Waals surface area contributed by atoms with Crippen molar-refractivity contribution in [2.45, 2.75) is 17.8 Å². The van der Waals surface area contributed by atoms with Crippen molar-refractivity contribution in [3.05, 3.63) is 77.9 Å². The number of thioether (sulfide) groups is 1. The quantitative estimate of drug-likeness (QED) is 0.451. The molecule has 0 fully saturated rings. The molecule has 134 valence electrons. The van der Waals surface area contributed by atoms with Crippen LogP contribution in [-0.2, 0) is 5.75 Å². The minimum absolute atomic E-state index is 0.301. The van der Waals surface area contributed by atoms with Crippen LogP contribution < -0.4 is 9.47 Å². The molecule has 0 radical (unpaired) electrons. The third kappa shape index (κ3) is 3.04. The van der Waals surface area contributed by atoms with Gasteiger partial charge in [-0.15, -0.1) is 0 Å². The molecule has 1 aliphatic heterocycles. The average molecular weight is 374 g/mol. The summed E-state index contributed by atoms with van der Waals surface area (Å²) in [7, 11) is 0. The zero-order valence-corrected chi connectivity index (χ0v) is 15.7. The Morgan fingerprint density at radius 1 is 0.963 bits per heavy atom. The fourth-order valence-electron chi connectivity index (χ4n) is 3.22. The molecule has 0 amide bonds. The van der Waals surface area contributed by atoms with Gasteiger partial charge in [0.25, 0.3) is 0 Å². The SMILES string of the molecule is Cc1ccc(-n2c(SCc3ccc4c(c3)OCO4)nc3ccccc32)cc1. The maximum Gasteiger partial charge on any atom is 0.231 e. The zero-order chi connectivity index (χ0) is 18.2. The topological polar surface area (TPSA) is 36.3 Å². The lowest BCUT2D eigenvalue weighted by Gasteiger charge is -2.10. The first-order valence-corrected chi connectivity index (χ1v) is 9.82. The van der Waals surface area contributed by atoms with Gasteiger partial charge in [0.15, 0.2) is 16.7 Å². The molecule has 0 atom stereocenters. The van der Waals surface area contributed by atoms with Crippen LogP contribution in [0.15, 0.2) is 71.9 Å². The van der Waals surface area contributed by atoms with Gasteiger partial charge in [-0.25, -0.2) is 4.98 Å². The highest BCUT2D eigenvalue weighted by Gasteiger charge is 2.15. The van der Waals surface area contributed by atoms with E-state index in [1.165, 1.54) is 11.1 Å². The predicted molar refractivity (Wildman–Crippen MR) is 108 cm³/mol. The summed E-state index contributed by atoms with van der Waals surface area (Å²) in [6.07, 6.45) is 0. The number of aryl methyl sites for hydroxylation is 1. The lowest BCUT2D eigenvalue weighted by atomic mass is 10.2. The second-order valence-corrected chi connectivity index (χ2v) is 7.47. The van der Waals surface area contributed by atoms with E-state index in [4.69, 9.17) is 14.5 Å². The maximum atomic E-state index is 5.49. The van der Waals surface area contributed by atoms with E-state index in [1.807, 2.05) is 18.2 Å². The summed E-state index contributed by atoms with van der Waals surface area (Å²) >= 11 is 1.73. The largest absolute Gasteiger partial charge is 0.454 e. The highest BCUT2D eigenvalue weighted by molar-refractivity contribution is 7.98. The van der Waals surface area contributed by atoms with Gasteiger partial charge in [0, 0.05) is 11.4 Å². The Balaban J connectivity index is 1.51. The van der Waals surface area contributed by atoms with Crippen LogP contribution in [0, 0.1) is 6.92 Å². The first-order valence-electron chi connectivity index (χ1n) is 8.84. The van der Waals surface area contributed by atoms with Gasteiger partial charge in [0.1, 0.15) is 0 Å². The number of hydrogen-bond acceptors (Lipinski definition) is 4. The van der Waals surface area contributed by atoms with Crippen LogP contribution in [-0.4, -0.2) is 16.3 Å². The Bertz CT molecular complexity index is 1120. The monoisotopic (exact) mass is 374 g/mol. The minimum atomic E-state index is 0.301. The van der Waals surface area contributed by atoms with Crippen molar-refractivity contribution < 1.29 is 9.47 Å². The second-order valence-electron chi connectivity index (χ2n) is 6.53. The third-order valence-electron chi connectivity index (χ3n) is 4.63. The summed E-state index contributed by atoms with van der Waals surface area (Å²) < 4.78 is 13.1. The van der Waals surface area contributed by atoms with E-state index in [9.17, 15) is 0 Å². The van der Waals surface area contributed by atoms with Crippen LogP contribution >= 0.6 is 11.8 Å². The molecule has 4 aromatic rings. The summed E-state index contributed by atoms with van der Waals surface area (Å²) in [6.45, 7) is 2.40. The van der Waals surface area contributed by atoms with E-state index in [0.717, 1.165) is 39.1 Å². The summed E-state index contributed by atoms with van der Waals surface area (Å²) in [4.78, 5) is 4.87. The van der Waals surface area contributed by atoms with Crippen LogP contribution in [0.2, 0.25) is 0 Å². The highest BCUT2D eigenvalue weighted by Crippen LogP contribution is 2.35. The molecule has 0 aliphatic carbocycles. The van der Waals surface area contributed by atoms with Crippen molar-refractivity contribution in [3.63, 3.8) is 0 Å². The number of nitrogens with zero attached hydrogens (tertiary/aromatic N) is 2. The number of aromatic nitrogens is 2. The van der Waals surface area contributed by atoms with Crippen LogP contribution in [0.5, 0.6) is 11.5 Å². The molecule has 27 heavy (non-hydrogen) atoms. The standard InChI is InChI=1S/C22H18N2O2S/c1-15-6-9-17(10-7-15)24-19-5-3-2-4-18(19)23-22(24)27-13-16-8-11-20-21(12-16)26-14-25-20/h2-12H,13-14H2,1H3. The van der Waals surface area contributed by atoms with Crippen LogP contribution in [0.3, 0.4) is 0 Å². The van der Waals surface area contributed by atoms with Gasteiger partial charge in [-0.3, -0.25) is 4.57 Å². The van der Waals surface area contributed by atoms with Crippen molar-refractivity contribution >= 4 is 22.8 Å². The van der Waals surface area contributed by atoms with E-state index in [-0.39, 0.29) is 0 Å². The van der Waals surface area contributed by atoms with Crippen molar-refractivity contribution in [3.8, 4) is 17.2 Å². The van der Waals surface area contributed by atoms with Gasteiger partial charge in [0.05, 0.1) is 11.0 Å². The van der Waals surface area contributed by atoms with Crippen molar-refractivity contribution in [1.82, 2.24) is 9.55 Å². The molecule has 0 saturated carbocycles. The summed E-state index contributed by atoms with van der Waals surface area (Å²) in [5.74, 6) is 2.45. The third-order valence-corrected chi connectivity index (χ3v) is 5.64. The van der Waals surface area contributed by atoms with Crippen molar-refractivity contribution in [1.29, 1.82) is 0 Å². The molecular weight excluding hydrogens is 356 g/mol. The Morgan fingerprint density at radius 2 is 1.78 bits per heavy atom. The fourth-order valence-corrected chi connectivity index (χ4v) is 4.19. The molecule has 0 spiro atoms. The Labute approximate surface area is 161 Å². The normalized spacial score (nSPS) is 12.6. The summed E-state index contributed by atoms with van der Waals surface area (Å²) in [6, 6.07) is 22.9. The van der Waals surface area contributed by atoms with E-state index in [0.29, 0.717) is 6.79 Å². The summed E-state index contributed by atoms with van der Waals surface area (Å²) in [5.41, 5.74) is 5.69. The Kier molecular flexibility index (Phi) is 4.02. The van der Waals surface area contributed by atoms with Gasteiger partial charge < -0.3 is 9.47 Å². The fraction of sp³-hybridized carbons (Fsp3) is 0.136. The number of ether oxygens (including phenoxy) is 2. The Hall–Kier alpha value is -2.92. The van der Waals surface area contributed by atoms with E-state index in [1.54, 1.807) is 11.8 Å². The molecule has 5 heteroatoms. The first-order chi connectivity index (χ1) is 13.3. The Morgan fingerprint density at radius 3 is 2.67 bits per heavy atom. The van der Waals surface area contributed by atoms with Crippen LogP contribution in [0.25, 0.3) is 16.7 Å². The van der Waals surface area contributed by atoms with Gasteiger partial charge in [-0.1, -0.05) is 47.7 Å². The number of imidazole rings is 1. The molecule has 0 unspecified atom stereocenters. The van der Waals surface area contributed by atoms with E-state index >= 15 is 0 Å². The molecule has 1 aliphatic rings.